The van der Waals surface area contributed by atoms with Crippen LogP contribution in [0, 0.1) is 12.7 Å². The summed E-state index contributed by atoms with van der Waals surface area (Å²) in [5.41, 5.74) is 3.64. The number of carbonyl (C=O) groups is 1. The number of benzene rings is 2. The van der Waals surface area contributed by atoms with Crippen molar-refractivity contribution in [3.63, 3.8) is 0 Å². The SMILES string of the molecule is Cc1cccc(CC2=CC3CCCC(C2)N3C(=O)OCc2ccccc2)c1F. The van der Waals surface area contributed by atoms with Gasteiger partial charge < -0.3 is 4.74 Å². The first-order chi connectivity index (χ1) is 13.6. The molecule has 2 bridgehead atoms. The fourth-order valence-electron chi connectivity index (χ4n) is 4.42. The summed E-state index contributed by atoms with van der Waals surface area (Å²) in [6.07, 6.45) is 6.37. The van der Waals surface area contributed by atoms with Crippen molar-refractivity contribution >= 4 is 6.09 Å². The van der Waals surface area contributed by atoms with Crippen molar-refractivity contribution in [3.05, 3.63) is 82.7 Å². The first-order valence-electron chi connectivity index (χ1n) is 10.0. The molecule has 4 rings (SSSR count). The minimum atomic E-state index is -0.240. The number of amides is 1. The number of carbonyl (C=O) groups excluding carboxylic acids is 1. The highest BCUT2D eigenvalue weighted by atomic mass is 19.1. The number of halogens is 1. The molecule has 0 radical (unpaired) electrons. The topological polar surface area (TPSA) is 29.5 Å². The summed E-state index contributed by atoms with van der Waals surface area (Å²) in [5.74, 6) is -0.113. The van der Waals surface area contributed by atoms with Crippen LogP contribution in [-0.2, 0) is 17.8 Å². The molecule has 0 spiro atoms. The Balaban J connectivity index is 1.46. The second kappa shape index (κ2) is 8.17. The number of nitrogens with zero attached hydrogens (tertiary/aromatic N) is 1. The molecule has 1 saturated heterocycles. The highest BCUT2D eigenvalue weighted by molar-refractivity contribution is 5.69. The van der Waals surface area contributed by atoms with Gasteiger partial charge in [-0.2, -0.15) is 0 Å². The van der Waals surface area contributed by atoms with Crippen molar-refractivity contribution in [2.75, 3.05) is 0 Å². The van der Waals surface area contributed by atoms with Crippen LogP contribution < -0.4 is 0 Å². The zero-order valence-corrected chi connectivity index (χ0v) is 16.2. The van der Waals surface area contributed by atoms with Gasteiger partial charge in [0.05, 0.1) is 6.04 Å². The Morgan fingerprint density at radius 3 is 2.75 bits per heavy atom. The molecule has 2 heterocycles. The number of piperidine rings is 1. The van der Waals surface area contributed by atoms with E-state index >= 15 is 0 Å². The van der Waals surface area contributed by atoms with E-state index in [4.69, 9.17) is 4.74 Å². The van der Waals surface area contributed by atoms with Gasteiger partial charge in [0.2, 0.25) is 0 Å². The summed E-state index contributed by atoms with van der Waals surface area (Å²) >= 11 is 0. The van der Waals surface area contributed by atoms with Crippen molar-refractivity contribution in [3.8, 4) is 0 Å². The summed E-state index contributed by atoms with van der Waals surface area (Å²) in [5, 5.41) is 0. The van der Waals surface area contributed by atoms with E-state index in [0.717, 1.165) is 36.8 Å². The summed E-state index contributed by atoms with van der Waals surface area (Å²) in [6.45, 7) is 2.09. The molecule has 2 aliphatic rings. The molecular formula is C24H26FNO2. The van der Waals surface area contributed by atoms with Crippen LogP contribution in [0.15, 0.2) is 60.2 Å². The quantitative estimate of drug-likeness (QED) is 0.650. The predicted molar refractivity (Wildman–Crippen MR) is 107 cm³/mol. The van der Waals surface area contributed by atoms with E-state index in [-0.39, 0.29) is 24.0 Å². The van der Waals surface area contributed by atoms with E-state index in [9.17, 15) is 9.18 Å². The second-order valence-electron chi connectivity index (χ2n) is 7.85. The van der Waals surface area contributed by atoms with Gasteiger partial charge in [-0.1, -0.05) is 60.2 Å². The molecule has 4 heteroatoms. The summed E-state index contributed by atoms with van der Waals surface area (Å²) in [6, 6.07) is 15.5. The highest BCUT2D eigenvalue weighted by Crippen LogP contribution is 2.35. The van der Waals surface area contributed by atoms with Gasteiger partial charge in [-0.25, -0.2) is 9.18 Å². The average molecular weight is 379 g/mol. The third-order valence-electron chi connectivity index (χ3n) is 5.82. The molecule has 1 amide bonds. The second-order valence-corrected chi connectivity index (χ2v) is 7.85. The molecule has 3 nitrogen and oxygen atoms in total. The van der Waals surface area contributed by atoms with Crippen LogP contribution in [0.1, 0.15) is 42.4 Å². The third-order valence-corrected chi connectivity index (χ3v) is 5.82. The van der Waals surface area contributed by atoms with Crippen LogP contribution in [0.25, 0.3) is 0 Å². The number of aryl methyl sites for hydroxylation is 1. The molecule has 2 atom stereocenters. The number of rotatable bonds is 4. The Kier molecular flexibility index (Phi) is 5.47. The third kappa shape index (κ3) is 3.96. The fourth-order valence-corrected chi connectivity index (χ4v) is 4.42. The van der Waals surface area contributed by atoms with Crippen LogP contribution in [-0.4, -0.2) is 23.1 Å². The first-order valence-corrected chi connectivity index (χ1v) is 10.0. The molecule has 0 saturated carbocycles. The van der Waals surface area contributed by atoms with E-state index in [1.165, 1.54) is 5.57 Å². The average Bonchev–Trinajstić information content (AvgIpc) is 2.70. The lowest BCUT2D eigenvalue weighted by molar-refractivity contribution is 0.0481. The normalized spacial score (nSPS) is 21.2. The first kappa shape index (κ1) is 18.7. The Bertz CT molecular complexity index is 877. The van der Waals surface area contributed by atoms with Gasteiger partial charge in [0.1, 0.15) is 12.4 Å². The summed E-state index contributed by atoms with van der Waals surface area (Å²) < 4.78 is 20.0. The van der Waals surface area contributed by atoms with Crippen LogP contribution in [0.4, 0.5) is 9.18 Å². The van der Waals surface area contributed by atoms with Crippen LogP contribution in [0.2, 0.25) is 0 Å². The lowest BCUT2D eigenvalue weighted by Crippen LogP contribution is -2.52. The van der Waals surface area contributed by atoms with E-state index in [1.807, 2.05) is 47.4 Å². The van der Waals surface area contributed by atoms with Gasteiger partial charge in [0.15, 0.2) is 0 Å². The molecule has 0 aliphatic carbocycles. The van der Waals surface area contributed by atoms with E-state index < -0.39 is 0 Å². The molecule has 2 aromatic carbocycles. The minimum Gasteiger partial charge on any atom is -0.445 e. The van der Waals surface area contributed by atoms with Crippen molar-refractivity contribution in [2.24, 2.45) is 0 Å². The molecule has 2 unspecified atom stereocenters. The van der Waals surface area contributed by atoms with Crippen molar-refractivity contribution in [1.82, 2.24) is 4.90 Å². The molecule has 2 aromatic rings. The van der Waals surface area contributed by atoms with Crippen LogP contribution in [0.3, 0.4) is 0 Å². The lowest BCUT2D eigenvalue weighted by atomic mass is 9.83. The largest absolute Gasteiger partial charge is 0.445 e. The maximum atomic E-state index is 14.4. The van der Waals surface area contributed by atoms with Crippen molar-refractivity contribution < 1.29 is 13.9 Å². The monoisotopic (exact) mass is 379 g/mol. The van der Waals surface area contributed by atoms with Gasteiger partial charge in [0, 0.05) is 6.04 Å². The Morgan fingerprint density at radius 2 is 1.96 bits per heavy atom. The number of hydrogen-bond acceptors (Lipinski definition) is 2. The fraction of sp³-hybridized carbons (Fsp3) is 0.375. The molecule has 28 heavy (non-hydrogen) atoms. The van der Waals surface area contributed by atoms with Crippen molar-refractivity contribution in [1.29, 1.82) is 0 Å². The van der Waals surface area contributed by atoms with Gasteiger partial charge in [-0.05, 0) is 55.7 Å². The lowest BCUT2D eigenvalue weighted by Gasteiger charge is -2.44. The molecule has 0 N–H and O–H groups in total. The van der Waals surface area contributed by atoms with E-state index in [0.29, 0.717) is 18.6 Å². The Morgan fingerprint density at radius 1 is 1.14 bits per heavy atom. The zero-order chi connectivity index (χ0) is 19.5. The molecular weight excluding hydrogens is 353 g/mol. The van der Waals surface area contributed by atoms with E-state index in [1.54, 1.807) is 13.0 Å². The van der Waals surface area contributed by atoms with Gasteiger partial charge >= 0.3 is 6.09 Å². The van der Waals surface area contributed by atoms with E-state index in [2.05, 4.69) is 6.08 Å². The molecule has 1 fully saturated rings. The summed E-state index contributed by atoms with van der Waals surface area (Å²) in [7, 11) is 0. The Labute approximate surface area is 165 Å². The van der Waals surface area contributed by atoms with Gasteiger partial charge in [0.25, 0.3) is 0 Å². The maximum absolute atomic E-state index is 14.4. The van der Waals surface area contributed by atoms with Crippen LogP contribution in [0.5, 0.6) is 0 Å². The molecule has 146 valence electrons. The number of ether oxygens (including phenoxy) is 1. The van der Waals surface area contributed by atoms with Crippen LogP contribution >= 0.6 is 0 Å². The highest BCUT2D eigenvalue weighted by Gasteiger charge is 2.38. The smallest absolute Gasteiger partial charge is 0.410 e. The number of fused-ring (bicyclic) bond motifs is 2. The Hall–Kier alpha value is -2.62. The van der Waals surface area contributed by atoms with Gasteiger partial charge in [-0.15, -0.1) is 0 Å². The molecule has 2 aliphatic heterocycles. The molecule has 0 aromatic heterocycles. The predicted octanol–water partition coefficient (Wildman–Crippen LogP) is 5.57. The minimum absolute atomic E-state index is 0.0543. The zero-order valence-electron chi connectivity index (χ0n) is 16.2. The maximum Gasteiger partial charge on any atom is 0.410 e. The summed E-state index contributed by atoms with van der Waals surface area (Å²) in [4.78, 5) is 14.7. The van der Waals surface area contributed by atoms with Crippen molar-refractivity contribution in [2.45, 2.75) is 57.7 Å². The standard InChI is InChI=1S/C24H26FNO2/c1-17-7-5-10-20(23(17)25)13-19-14-21-11-6-12-22(15-19)26(21)24(27)28-16-18-8-3-2-4-9-18/h2-5,7-10,14,21-22H,6,11-13,15-16H2,1H3. The number of hydrogen-bond donors (Lipinski definition) is 0. The van der Waals surface area contributed by atoms with Gasteiger partial charge in [-0.3, -0.25) is 4.90 Å².